The number of aromatic carboxylic acids is 1. The number of hydrogen-bond acceptors (Lipinski definition) is 6. The quantitative estimate of drug-likeness (QED) is 0.178. The smallest absolute Gasteiger partial charge is 0.352 e. The zero-order valence-electron chi connectivity index (χ0n) is 26.0. The number of carboxylic acids is 1. The summed E-state index contributed by atoms with van der Waals surface area (Å²) < 4.78 is 43.2. The number of sulfone groups is 1. The normalized spacial score (nSPS) is 13.6. The summed E-state index contributed by atoms with van der Waals surface area (Å²) in [7, 11) is -5.98. The summed E-state index contributed by atoms with van der Waals surface area (Å²) in [5.41, 5.74) is 0.552. The van der Waals surface area contributed by atoms with Crippen LogP contribution >= 0.6 is 0 Å². The number of H-pyrrole nitrogens is 1. The van der Waals surface area contributed by atoms with Crippen molar-refractivity contribution in [2.45, 2.75) is 69.5 Å². The van der Waals surface area contributed by atoms with Crippen LogP contribution in [-0.4, -0.2) is 51.8 Å². The Labute approximate surface area is 255 Å². The number of fused-ring (bicyclic) bond motifs is 1. The summed E-state index contributed by atoms with van der Waals surface area (Å²) in [6, 6.07) is 21.5. The zero-order valence-corrected chi connectivity index (χ0v) is 27.8. The highest BCUT2D eigenvalue weighted by Crippen LogP contribution is 2.51. The highest BCUT2D eigenvalue weighted by molar-refractivity contribution is 7.90. The minimum absolute atomic E-state index is 0.0226. The molecule has 0 fully saturated rings. The van der Waals surface area contributed by atoms with Gasteiger partial charge in [-0.15, -0.1) is 0 Å². The maximum absolute atomic E-state index is 11.8. The van der Waals surface area contributed by atoms with Crippen LogP contribution in [0.25, 0.3) is 10.9 Å². The van der Waals surface area contributed by atoms with Gasteiger partial charge in [0.15, 0.2) is 9.84 Å². The van der Waals surface area contributed by atoms with Crippen molar-refractivity contribution < 1.29 is 32.2 Å². The molecule has 3 aromatic carbocycles. The Balaban J connectivity index is 1.66. The number of carboxylic acid groups (broad SMARTS) is 1. The number of aromatic amines is 1. The first-order chi connectivity index (χ1) is 19.9. The molecule has 1 atom stereocenters. The Bertz CT molecular complexity index is 1690. The number of aromatic nitrogens is 1. The third kappa shape index (κ3) is 6.81. The van der Waals surface area contributed by atoms with E-state index in [-0.39, 0.29) is 26.8 Å². The first-order valence-electron chi connectivity index (χ1n) is 14.2. The van der Waals surface area contributed by atoms with Gasteiger partial charge < -0.3 is 24.0 Å². The maximum atomic E-state index is 11.8. The third-order valence-corrected chi connectivity index (χ3v) is 14.6. The molecule has 0 aliphatic rings. The molecule has 0 radical (unpaired) electrons. The van der Waals surface area contributed by atoms with Crippen LogP contribution in [0.4, 0.5) is 0 Å². The van der Waals surface area contributed by atoms with Crippen LogP contribution in [0.3, 0.4) is 0 Å². The molecule has 1 aromatic heterocycles. The molecular formula is C33H41NO7SSi. The van der Waals surface area contributed by atoms with E-state index >= 15 is 0 Å². The standard InChI is InChI=1S/C33H41NO7SSi/c1-22(21-39-43(32(2,3)4,33(5,6)7)27-12-10-9-11-13-27)40-29-20-25(18-23-19-28(31(35)36)34-30(23)29)41-24-14-16-26(17-15-24)42(8,37)38/h9-20,22,34H,21H2,1-8H3,(H,35,36). The monoisotopic (exact) mass is 623 g/mol. The number of benzene rings is 3. The minimum Gasteiger partial charge on any atom is -0.486 e. The van der Waals surface area contributed by atoms with Crippen LogP contribution in [0.15, 0.2) is 77.7 Å². The van der Waals surface area contributed by atoms with Gasteiger partial charge in [-0.2, -0.15) is 0 Å². The third-order valence-electron chi connectivity index (χ3n) is 7.54. The summed E-state index contributed by atoms with van der Waals surface area (Å²) in [6.45, 7) is 15.7. The van der Waals surface area contributed by atoms with E-state index in [4.69, 9.17) is 13.9 Å². The SMILES string of the molecule is CC(CO[Si](c1ccccc1)(C(C)(C)C)C(C)(C)C)Oc1cc(Oc2ccc(S(C)(=O)=O)cc2)cc2cc(C(=O)O)[nH]c12. The number of rotatable bonds is 10. The largest absolute Gasteiger partial charge is 0.486 e. The van der Waals surface area contributed by atoms with E-state index in [0.717, 1.165) is 6.26 Å². The van der Waals surface area contributed by atoms with E-state index in [0.29, 0.717) is 34.8 Å². The van der Waals surface area contributed by atoms with Crippen molar-refractivity contribution in [3.05, 3.63) is 78.5 Å². The molecule has 0 aliphatic carbocycles. The Morgan fingerprint density at radius 3 is 2.05 bits per heavy atom. The molecule has 0 saturated carbocycles. The van der Waals surface area contributed by atoms with Crippen molar-refractivity contribution in [1.29, 1.82) is 0 Å². The molecule has 8 nitrogen and oxygen atoms in total. The first kappa shape index (κ1) is 32.3. The number of carbonyl (C=O) groups is 1. The molecule has 0 amide bonds. The molecule has 1 unspecified atom stereocenters. The summed E-state index contributed by atoms with van der Waals surface area (Å²) in [6.07, 6.45) is 0.761. The van der Waals surface area contributed by atoms with Crippen molar-refractivity contribution >= 4 is 40.2 Å². The number of ether oxygens (including phenoxy) is 2. The van der Waals surface area contributed by atoms with E-state index in [2.05, 4.69) is 70.8 Å². The van der Waals surface area contributed by atoms with Crippen molar-refractivity contribution in [3.8, 4) is 17.2 Å². The maximum Gasteiger partial charge on any atom is 0.352 e. The average molecular weight is 624 g/mol. The van der Waals surface area contributed by atoms with Crippen LogP contribution in [-0.2, 0) is 14.3 Å². The predicted molar refractivity (Wildman–Crippen MR) is 172 cm³/mol. The van der Waals surface area contributed by atoms with Gasteiger partial charge in [-0.05, 0) is 58.6 Å². The molecule has 1 heterocycles. The first-order valence-corrected chi connectivity index (χ1v) is 18.0. The molecule has 43 heavy (non-hydrogen) atoms. The van der Waals surface area contributed by atoms with Gasteiger partial charge in [0.25, 0.3) is 0 Å². The fraction of sp³-hybridized carbons (Fsp3) is 0.364. The van der Waals surface area contributed by atoms with Gasteiger partial charge >= 0.3 is 5.97 Å². The van der Waals surface area contributed by atoms with Gasteiger partial charge in [0.2, 0.25) is 8.32 Å². The molecule has 10 heteroatoms. The zero-order chi connectivity index (χ0) is 31.8. The van der Waals surface area contributed by atoms with Gasteiger partial charge in [0.05, 0.1) is 17.0 Å². The summed E-state index contributed by atoms with van der Waals surface area (Å²) in [4.78, 5) is 14.9. The molecule has 4 rings (SSSR count). The lowest BCUT2D eigenvalue weighted by molar-refractivity contribution is 0.0691. The van der Waals surface area contributed by atoms with Crippen molar-refractivity contribution in [3.63, 3.8) is 0 Å². The van der Waals surface area contributed by atoms with Crippen LogP contribution < -0.4 is 14.7 Å². The van der Waals surface area contributed by atoms with Crippen molar-refractivity contribution in [1.82, 2.24) is 4.98 Å². The molecule has 4 aromatic rings. The molecule has 0 saturated heterocycles. The summed E-state index contributed by atoms with van der Waals surface area (Å²) in [5.74, 6) is 0.168. The Kier molecular flexibility index (Phi) is 8.88. The lowest BCUT2D eigenvalue weighted by Gasteiger charge is -2.51. The molecular weight excluding hydrogens is 583 g/mol. The second-order valence-corrected chi connectivity index (χ2v) is 20.3. The molecule has 2 N–H and O–H groups in total. The van der Waals surface area contributed by atoms with Gasteiger partial charge in [-0.25, -0.2) is 13.2 Å². The topological polar surface area (TPSA) is 115 Å². The summed E-state index contributed by atoms with van der Waals surface area (Å²) >= 11 is 0. The second-order valence-electron chi connectivity index (χ2n) is 13.0. The Hall–Kier alpha value is -3.60. The lowest BCUT2D eigenvalue weighted by Crippen LogP contribution is -2.64. The van der Waals surface area contributed by atoms with Crippen LogP contribution in [0.1, 0.15) is 59.0 Å². The predicted octanol–water partition coefficient (Wildman–Crippen LogP) is 7.30. The average Bonchev–Trinajstić information content (AvgIpc) is 3.33. The highest BCUT2D eigenvalue weighted by Gasteiger charge is 2.56. The van der Waals surface area contributed by atoms with Gasteiger partial charge in [-0.1, -0.05) is 71.9 Å². The Morgan fingerprint density at radius 1 is 0.907 bits per heavy atom. The van der Waals surface area contributed by atoms with Crippen molar-refractivity contribution in [2.24, 2.45) is 0 Å². The fourth-order valence-corrected chi connectivity index (χ4v) is 12.8. The van der Waals surface area contributed by atoms with E-state index in [9.17, 15) is 18.3 Å². The number of hydrogen-bond donors (Lipinski definition) is 2. The lowest BCUT2D eigenvalue weighted by atomic mass is 10.2. The molecule has 0 bridgehead atoms. The van der Waals surface area contributed by atoms with E-state index < -0.39 is 24.1 Å². The molecule has 230 valence electrons. The van der Waals surface area contributed by atoms with Gasteiger partial charge in [-0.3, -0.25) is 0 Å². The Morgan fingerprint density at radius 2 is 1.51 bits per heavy atom. The molecule has 0 spiro atoms. The van der Waals surface area contributed by atoms with Crippen LogP contribution in [0, 0.1) is 0 Å². The minimum atomic E-state index is -3.34. The van der Waals surface area contributed by atoms with Crippen LogP contribution in [0.5, 0.6) is 17.2 Å². The molecule has 0 aliphatic heterocycles. The number of nitrogens with one attached hydrogen (secondary N) is 1. The fourth-order valence-electron chi connectivity index (χ4n) is 6.02. The van der Waals surface area contributed by atoms with Gasteiger partial charge in [0, 0.05) is 17.7 Å². The second kappa shape index (κ2) is 11.8. The van der Waals surface area contributed by atoms with E-state index in [1.165, 1.54) is 23.4 Å². The van der Waals surface area contributed by atoms with Gasteiger partial charge in [0.1, 0.15) is 29.0 Å². The highest BCUT2D eigenvalue weighted by atomic mass is 32.2. The van der Waals surface area contributed by atoms with E-state index in [1.54, 1.807) is 24.3 Å². The van der Waals surface area contributed by atoms with Crippen LogP contribution in [0.2, 0.25) is 10.1 Å². The summed E-state index contributed by atoms with van der Waals surface area (Å²) in [5, 5.41) is 11.2. The van der Waals surface area contributed by atoms with E-state index in [1.807, 2.05) is 13.0 Å². The van der Waals surface area contributed by atoms with Crippen molar-refractivity contribution in [2.75, 3.05) is 12.9 Å².